The quantitative estimate of drug-likeness (QED) is 0.833. The molecule has 2 saturated carbocycles. The van der Waals surface area contributed by atoms with Gasteiger partial charge in [-0.1, -0.05) is 45.4 Å². The van der Waals surface area contributed by atoms with Crippen molar-refractivity contribution in [2.24, 2.45) is 22.7 Å². The number of fused-ring (bicyclic) bond motifs is 1. The molecule has 1 aromatic rings. The van der Waals surface area contributed by atoms with Crippen LogP contribution in [0.4, 0.5) is 0 Å². The van der Waals surface area contributed by atoms with Gasteiger partial charge in [0.2, 0.25) is 0 Å². The maximum Gasteiger partial charge on any atom is 0.338 e. The molecule has 0 amide bonds. The Balaban J connectivity index is 1.74. The Morgan fingerprint density at radius 3 is 2.58 bits per heavy atom. The van der Waals surface area contributed by atoms with Crippen molar-refractivity contribution in [1.82, 2.24) is 0 Å². The van der Waals surface area contributed by atoms with Crippen LogP contribution < -0.4 is 0 Å². The van der Waals surface area contributed by atoms with Crippen LogP contribution in [0, 0.1) is 22.7 Å². The van der Waals surface area contributed by atoms with E-state index in [1.807, 2.05) is 18.2 Å². The molecule has 0 bridgehead atoms. The van der Waals surface area contributed by atoms with Crippen LogP contribution in [-0.2, 0) is 4.74 Å². The lowest BCUT2D eigenvalue weighted by atomic mass is 9.48. The van der Waals surface area contributed by atoms with E-state index in [0.717, 1.165) is 19.3 Å². The lowest BCUT2D eigenvalue weighted by Crippen LogP contribution is -2.54. The van der Waals surface area contributed by atoms with Gasteiger partial charge in [-0.25, -0.2) is 4.79 Å². The Morgan fingerprint density at radius 1 is 1.17 bits per heavy atom. The van der Waals surface area contributed by atoms with Gasteiger partial charge in [-0.15, -0.1) is 0 Å². The van der Waals surface area contributed by atoms with E-state index in [4.69, 9.17) is 4.74 Å². The molecule has 1 aromatic carbocycles. The number of carbonyl (C=O) groups excluding carboxylic acids is 1. The summed E-state index contributed by atoms with van der Waals surface area (Å²) < 4.78 is 5.62. The van der Waals surface area contributed by atoms with Gasteiger partial charge in [-0.2, -0.15) is 0 Å². The zero-order valence-corrected chi connectivity index (χ0v) is 15.1. The standard InChI is InChI=1S/C21H30O3/c1-20(2)12-7-13-21(3)16(17(22)10-11-18(20)21)14-24-19(23)15-8-5-4-6-9-15/h4-6,8-9,16-18,22H,7,10-14H2,1-3H3/t16-,17-,18-,21+/m0/s1. The van der Waals surface area contributed by atoms with Crippen LogP contribution in [0.5, 0.6) is 0 Å². The summed E-state index contributed by atoms with van der Waals surface area (Å²) in [7, 11) is 0. The van der Waals surface area contributed by atoms with Crippen molar-refractivity contribution in [3.63, 3.8) is 0 Å². The first-order valence-electron chi connectivity index (χ1n) is 9.25. The highest BCUT2D eigenvalue weighted by molar-refractivity contribution is 5.89. The number of benzene rings is 1. The molecule has 24 heavy (non-hydrogen) atoms. The fourth-order valence-electron chi connectivity index (χ4n) is 5.43. The maximum absolute atomic E-state index is 12.3. The number of esters is 1. The number of aliphatic hydroxyl groups excluding tert-OH is 1. The van der Waals surface area contributed by atoms with Gasteiger partial charge < -0.3 is 9.84 Å². The maximum atomic E-state index is 12.3. The van der Waals surface area contributed by atoms with Gasteiger partial charge in [0.25, 0.3) is 0 Å². The summed E-state index contributed by atoms with van der Waals surface area (Å²) >= 11 is 0. The minimum Gasteiger partial charge on any atom is -0.462 e. The van der Waals surface area contributed by atoms with Gasteiger partial charge in [0.05, 0.1) is 18.3 Å². The van der Waals surface area contributed by atoms with E-state index >= 15 is 0 Å². The third-order valence-electron chi connectivity index (χ3n) is 6.74. The summed E-state index contributed by atoms with van der Waals surface area (Å²) in [6.07, 6.45) is 5.08. The predicted molar refractivity (Wildman–Crippen MR) is 94.7 cm³/mol. The molecular formula is C21H30O3. The zero-order valence-electron chi connectivity index (χ0n) is 15.1. The minimum absolute atomic E-state index is 0.0310. The van der Waals surface area contributed by atoms with Crippen molar-refractivity contribution in [3.05, 3.63) is 35.9 Å². The van der Waals surface area contributed by atoms with Crippen molar-refractivity contribution < 1.29 is 14.6 Å². The molecule has 0 heterocycles. The fraction of sp³-hybridized carbons (Fsp3) is 0.667. The van der Waals surface area contributed by atoms with Gasteiger partial charge in [-0.05, 0) is 54.6 Å². The Bertz CT molecular complexity index is 580. The highest BCUT2D eigenvalue weighted by Crippen LogP contribution is 2.59. The van der Waals surface area contributed by atoms with Crippen molar-refractivity contribution >= 4 is 5.97 Å². The SMILES string of the molecule is CC1(C)CCC[C@]2(C)[C@@H](COC(=O)c3ccccc3)[C@@H](O)CC[C@@H]12. The Morgan fingerprint density at radius 2 is 1.88 bits per heavy atom. The first-order valence-corrected chi connectivity index (χ1v) is 9.25. The van der Waals surface area contributed by atoms with Gasteiger partial charge in [0.15, 0.2) is 0 Å². The number of rotatable bonds is 3. The van der Waals surface area contributed by atoms with E-state index in [1.165, 1.54) is 12.8 Å². The zero-order chi connectivity index (χ0) is 17.4. The van der Waals surface area contributed by atoms with Crippen molar-refractivity contribution in [1.29, 1.82) is 0 Å². The third kappa shape index (κ3) is 3.11. The minimum atomic E-state index is -0.372. The molecule has 2 fully saturated rings. The highest BCUT2D eigenvalue weighted by atomic mass is 16.5. The monoisotopic (exact) mass is 330 g/mol. The molecule has 0 aromatic heterocycles. The molecule has 3 rings (SSSR count). The van der Waals surface area contributed by atoms with Gasteiger partial charge in [0, 0.05) is 5.92 Å². The second kappa shape index (κ2) is 6.51. The van der Waals surface area contributed by atoms with E-state index in [0.29, 0.717) is 23.5 Å². The van der Waals surface area contributed by atoms with E-state index in [9.17, 15) is 9.90 Å². The molecule has 0 unspecified atom stereocenters. The van der Waals surface area contributed by atoms with Gasteiger partial charge in [-0.3, -0.25) is 0 Å². The van der Waals surface area contributed by atoms with Crippen molar-refractivity contribution in [2.45, 2.75) is 59.0 Å². The van der Waals surface area contributed by atoms with Crippen LogP contribution in [0.15, 0.2) is 30.3 Å². The molecule has 3 nitrogen and oxygen atoms in total. The number of aliphatic hydroxyl groups is 1. The molecule has 3 heteroatoms. The summed E-state index contributed by atoms with van der Waals surface area (Å²) in [6.45, 7) is 7.35. The number of hydrogen-bond donors (Lipinski definition) is 1. The lowest BCUT2D eigenvalue weighted by Gasteiger charge is -2.58. The molecule has 0 radical (unpaired) electrons. The first-order chi connectivity index (χ1) is 11.3. The number of carbonyl (C=O) groups is 1. The predicted octanol–water partition coefficient (Wildman–Crippen LogP) is 4.45. The number of ether oxygens (including phenoxy) is 1. The Hall–Kier alpha value is -1.35. The van der Waals surface area contributed by atoms with Crippen molar-refractivity contribution in [2.75, 3.05) is 6.61 Å². The highest BCUT2D eigenvalue weighted by Gasteiger charge is 2.54. The van der Waals surface area contributed by atoms with Crippen LogP contribution >= 0.6 is 0 Å². The topological polar surface area (TPSA) is 46.5 Å². The lowest BCUT2D eigenvalue weighted by molar-refractivity contribution is -0.137. The summed E-state index contributed by atoms with van der Waals surface area (Å²) in [4.78, 5) is 12.3. The third-order valence-corrected chi connectivity index (χ3v) is 6.74. The molecule has 4 atom stereocenters. The molecular weight excluding hydrogens is 300 g/mol. The van der Waals surface area contributed by atoms with Crippen LogP contribution in [-0.4, -0.2) is 23.8 Å². The summed E-state index contributed by atoms with van der Waals surface area (Å²) in [5.74, 6) is 0.328. The normalized spacial score (nSPS) is 35.1. The first kappa shape index (κ1) is 17.5. The number of hydrogen-bond acceptors (Lipinski definition) is 3. The smallest absolute Gasteiger partial charge is 0.338 e. The molecule has 132 valence electrons. The molecule has 0 aliphatic heterocycles. The van der Waals surface area contributed by atoms with E-state index in [2.05, 4.69) is 20.8 Å². The van der Waals surface area contributed by atoms with Crippen LogP contribution in [0.3, 0.4) is 0 Å². The average Bonchev–Trinajstić information content (AvgIpc) is 2.54. The Kier molecular flexibility index (Phi) is 4.74. The Labute approximate surface area is 145 Å². The summed E-state index contributed by atoms with van der Waals surface area (Å²) in [6, 6.07) is 9.11. The summed E-state index contributed by atoms with van der Waals surface area (Å²) in [5, 5.41) is 10.6. The summed E-state index contributed by atoms with van der Waals surface area (Å²) in [5.41, 5.74) is 0.930. The van der Waals surface area contributed by atoms with E-state index < -0.39 is 0 Å². The van der Waals surface area contributed by atoms with Crippen LogP contribution in [0.2, 0.25) is 0 Å². The van der Waals surface area contributed by atoms with Gasteiger partial charge in [0.1, 0.15) is 0 Å². The molecule has 0 spiro atoms. The fourth-order valence-corrected chi connectivity index (χ4v) is 5.43. The largest absolute Gasteiger partial charge is 0.462 e. The van der Waals surface area contributed by atoms with Crippen LogP contribution in [0.25, 0.3) is 0 Å². The molecule has 0 saturated heterocycles. The second-order valence-electron chi connectivity index (χ2n) is 8.62. The van der Waals surface area contributed by atoms with E-state index in [-0.39, 0.29) is 23.4 Å². The molecule has 1 N–H and O–H groups in total. The second-order valence-corrected chi connectivity index (χ2v) is 8.62. The van der Waals surface area contributed by atoms with Crippen LogP contribution in [0.1, 0.15) is 63.2 Å². The van der Waals surface area contributed by atoms with E-state index in [1.54, 1.807) is 12.1 Å². The van der Waals surface area contributed by atoms with Gasteiger partial charge >= 0.3 is 5.97 Å². The van der Waals surface area contributed by atoms with Crippen molar-refractivity contribution in [3.8, 4) is 0 Å². The molecule has 2 aliphatic carbocycles. The average molecular weight is 330 g/mol. The molecule has 2 aliphatic rings.